The van der Waals surface area contributed by atoms with Crippen LogP contribution in [0.15, 0.2) is 0 Å². The van der Waals surface area contributed by atoms with Crippen molar-refractivity contribution in [1.82, 2.24) is 0 Å². The maximum atomic E-state index is 11.6. The summed E-state index contributed by atoms with van der Waals surface area (Å²) in [7, 11) is -3.14. The van der Waals surface area contributed by atoms with Crippen molar-refractivity contribution in [1.29, 1.82) is 0 Å². The van der Waals surface area contributed by atoms with E-state index in [0.717, 1.165) is 0 Å². The van der Waals surface area contributed by atoms with E-state index >= 15 is 0 Å². The molecule has 0 radical (unpaired) electrons. The molecule has 8 heavy (non-hydrogen) atoms. The second-order valence-corrected chi connectivity index (χ2v) is 7.63. The van der Waals surface area contributed by atoms with Crippen molar-refractivity contribution in [2.45, 2.75) is 17.9 Å². The van der Waals surface area contributed by atoms with Crippen LogP contribution in [0.3, 0.4) is 0 Å². The molecule has 1 aliphatic heterocycles. The van der Waals surface area contributed by atoms with Gasteiger partial charge in [0.2, 0.25) is 0 Å². The third-order valence-corrected chi connectivity index (χ3v) is 5.37. The number of alkyl halides is 3. The van der Waals surface area contributed by atoms with E-state index in [-0.39, 0.29) is 12.1 Å². The van der Waals surface area contributed by atoms with Crippen LogP contribution < -0.4 is 0 Å². The SMILES string of the molecule is FC(F)(F)[Si]1(Cl)CC1. The summed E-state index contributed by atoms with van der Waals surface area (Å²) in [5.41, 5.74) is 0. The minimum absolute atomic E-state index is 0.220. The minimum atomic E-state index is -4.05. The molecule has 1 aliphatic rings. The Morgan fingerprint density at radius 1 is 1.25 bits per heavy atom. The first-order chi connectivity index (χ1) is 3.46. The third-order valence-electron chi connectivity index (χ3n) is 1.20. The van der Waals surface area contributed by atoms with Crippen molar-refractivity contribution in [3.05, 3.63) is 0 Å². The average Bonchev–Trinajstić information content (AvgIpc) is 2.16. The third kappa shape index (κ3) is 0.864. The number of hydrogen-bond donors (Lipinski definition) is 0. The molecule has 5 heteroatoms. The molecule has 0 aromatic carbocycles. The Bertz CT molecular complexity index is 102. The highest BCUT2D eigenvalue weighted by Gasteiger charge is 2.65. The van der Waals surface area contributed by atoms with Crippen LogP contribution >= 0.6 is 11.1 Å². The van der Waals surface area contributed by atoms with Gasteiger partial charge in [0.15, 0.2) is 0 Å². The predicted octanol–water partition coefficient (Wildman–Crippen LogP) is 2.29. The van der Waals surface area contributed by atoms with Gasteiger partial charge in [-0.1, -0.05) is 0 Å². The number of hydrogen-bond acceptors (Lipinski definition) is 0. The Labute approximate surface area is 50.3 Å². The maximum absolute atomic E-state index is 11.6. The molecule has 0 atom stereocenters. The van der Waals surface area contributed by atoms with Gasteiger partial charge in [-0.2, -0.15) is 24.3 Å². The highest BCUT2D eigenvalue weighted by Crippen LogP contribution is 2.51. The summed E-state index contributed by atoms with van der Waals surface area (Å²) in [6.07, 6.45) is 0. The molecule has 0 N–H and O–H groups in total. The lowest BCUT2D eigenvalue weighted by molar-refractivity contribution is -0.0502. The van der Waals surface area contributed by atoms with Crippen LogP contribution in [0.25, 0.3) is 0 Å². The van der Waals surface area contributed by atoms with Crippen LogP contribution in [-0.2, 0) is 0 Å². The molecule has 0 unspecified atom stereocenters. The molecule has 0 aromatic rings. The summed E-state index contributed by atoms with van der Waals surface area (Å²) >= 11 is 5.13. The summed E-state index contributed by atoms with van der Waals surface area (Å²) in [5.74, 6) is -4.05. The summed E-state index contributed by atoms with van der Waals surface area (Å²) in [4.78, 5) is 0. The van der Waals surface area contributed by atoms with E-state index < -0.39 is 13.2 Å². The maximum Gasteiger partial charge on any atom is 0.377 e. The average molecular weight is 161 g/mol. The summed E-state index contributed by atoms with van der Waals surface area (Å²) < 4.78 is 34.7. The van der Waals surface area contributed by atoms with E-state index in [2.05, 4.69) is 0 Å². The van der Waals surface area contributed by atoms with Gasteiger partial charge < -0.3 is 0 Å². The second kappa shape index (κ2) is 1.42. The Kier molecular flexibility index (Phi) is 1.14. The van der Waals surface area contributed by atoms with Gasteiger partial charge in [0, 0.05) is 0 Å². The van der Waals surface area contributed by atoms with Crippen LogP contribution in [0.2, 0.25) is 12.1 Å². The number of halogens is 4. The predicted molar refractivity (Wildman–Crippen MR) is 27.3 cm³/mol. The van der Waals surface area contributed by atoms with Crippen LogP contribution in [0.5, 0.6) is 0 Å². The normalized spacial score (nSPS) is 25.5. The molecule has 0 nitrogen and oxygen atoms in total. The fourth-order valence-corrected chi connectivity index (χ4v) is 2.69. The molecule has 1 rings (SSSR count). The topological polar surface area (TPSA) is 0 Å². The van der Waals surface area contributed by atoms with Crippen molar-refractivity contribution >= 4 is 18.5 Å². The summed E-state index contributed by atoms with van der Waals surface area (Å²) in [6, 6.07) is 0.441. The molecule has 0 aromatic heterocycles. The molecule has 1 fully saturated rings. The van der Waals surface area contributed by atoms with Crippen molar-refractivity contribution in [3.63, 3.8) is 0 Å². The molecule has 0 amide bonds. The van der Waals surface area contributed by atoms with Gasteiger partial charge in [0.25, 0.3) is 7.38 Å². The highest BCUT2D eigenvalue weighted by molar-refractivity contribution is 7.27. The standard InChI is InChI=1S/C3H4ClF3Si/c4-8(1-2-8)3(5,6)7/h1-2H2. The quantitative estimate of drug-likeness (QED) is 0.377. The fourth-order valence-electron chi connectivity index (χ4n) is 0.393. The lowest BCUT2D eigenvalue weighted by Crippen LogP contribution is -2.30. The monoisotopic (exact) mass is 160 g/mol. The lowest BCUT2D eigenvalue weighted by Gasteiger charge is -2.07. The molecule has 1 saturated heterocycles. The van der Waals surface area contributed by atoms with Crippen LogP contribution in [0.1, 0.15) is 0 Å². The van der Waals surface area contributed by atoms with Crippen molar-refractivity contribution in [3.8, 4) is 0 Å². The van der Waals surface area contributed by atoms with Crippen LogP contribution in [0.4, 0.5) is 13.2 Å². The zero-order valence-corrected chi connectivity index (χ0v) is 5.68. The molecular formula is C3H4ClF3Si. The smallest absolute Gasteiger partial charge is 0.175 e. The first-order valence-electron chi connectivity index (χ1n) is 2.21. The molecule has 0 aliphatic carbocycles. The van der Waals surface area contributed by atoms with Gasteiger partial charge in [0.1, 0.15) is 0 Å². The summed E-state index contributed by atoms with van der Waals surface area (Å²) in [5, 5.41) is 0. The Balaban J connectivity index is 2.58. The molecule has 0 spiro atoms. The molecular weight excluding hydrogens is 157 g/mol. The largest absolute Gasteiger partial charge is 0.377 e. The lowest BCUT2D eigenvalue weighted by atomic mass is 11.0. The zero-order valence-electron chi connectivity index (χ0n) is 3.93. The van der Waals surface area contributed by atoms with Gasteiger partial charge in [-0.15, -0.1) is 0 Å². The molecule has 0 saturated carbocycles. The van der Waals surface area contributed by atoms with Crippen LogP contribution in [0, 0.1) is 0 Å². The van der Waals surface area contributed by atoms with E-state index in [1.165, 1.54) is 0 Å². The van der Waals surface area contributed by atoms with Gasteiger partial charge in [-0.3, -0.25) is 0 Å². The van der Waals surface area contributed by atoms with Crippen molar-refractivity contribution < 1.29 is 13.2 Å². The minimum Gasteiger partial charge on any atom is -0.175 e. The van der Waals surface area contributed by atoms with E-state index in [4.69, 9.17) is 11.1 Å². The Hall–Kier alpha value is 0.297. The Morgan fingerprint density at radius 3 is 1.62 bits per heavy atom. The first-order valence-corrected chi connectivity index (χ1v) is 5.64. The van der Waals surface area contributed by atoms with E-state index in [0.29, 0.717) is 0 Å². The van der Waals surface area contributed by atoms with Gasteiger partial charge >= 0.3 is 5.80 Å². The molecule has 1 heterocycles. The van der Waals surface area contributed by atoms with E-state index in [9.17, 15) is 13.2 Å². The number of rotatable bonds is 0. The van der Waals surface area contributed by atoms with Crippen molar-refractivity contribution in [2.75, 3.05) is 0 Å². The van der Waals surface area contributed by atoms with Gasteiger partial charge in [-0.25, -0.2) is 0 Å². The molecule has 0 bridgehead atoms. The highest BCUT2D eigenvalue weighted by atomic mass is 35.6. The van der Waals surface area contributed by atoms with Crippen LogP contribution in [-0.4, -0.2) is 13.2 Å². The zero-order chi connectivity index (χ0) is 6.41. The van der Waals surface area contributed by atoms with Gasteiger partial charge in [0.05, 0.1) is 0 Å². The summed E-state index contributed by atoms with van der Waals surface area (Å²) in [6.45, 7) is 0. The second-order valence-electron chi connectivity index (χ2n) is 1.96. The van der Waals surface area contributed by atoms with E-state index in [1.807, 2.05) is 0 Å². The van der Waals surface area contributed by atoms with Gasteiger partial charge in [-0.05, 0) is 12.1 Å². The first kappa shape index (κ1) is 6.42. The molecule has 48 valence electrons. The Morgan fingerprint density at radius 2 is 1.62 bits per heavy atom. The van der Waals surface area contributed by atoms with E-state index in [1.54, 1.807) is 0 Å². The van der Waals surface area contributed by atoms with Crippen molar-refractivity contribution in [2.24, 2.45) is 0 Å². The fraction of sp³-hybridized carbons (Fsp3) is 1.00.